The number of hydrogen-bond donors (Lipinski definition) is 2. The normalized spacial score (nSPS) is 11.2. The van der Waals surface area contributed by atoms with Crippen LogP contribution in [0, 0.1) is 0 Å². The second-order valence-corrected chi connectivity index (χ2v) is 5.40. The Morgan fingerprint density at radius 1 is 1.00 bits per heavy atom. The van der Waals surface area contributed by atoms with Gasteiger partial charge in [-0.1, -0.05) is 20.3 Å². The van der Waals surface area contributed by atoms with E-state index in [-0.39, 0.29) is 5.54 Å². The lowest BCUT2D eigenvalue weighted by atomic mass is 9.99. The monoisotopic (exact) mass is 281 g/mol. The number of anilines is 2. The zero-order valence-corrected chi connectivity index (χ0v) is 13.3. The fourth-order valence-corrected chi connectivity index (χ4v) is 1.90. The van der Waals surface area contributed by atoms with Gasteiger partial charge >= 0.3 is 6.01 Å². The minimum atomic E-state index is -0.0540. The smallest absolute Gasteiger partial charge is 0.323 e. The third-order valence-electron chi connectivity index (χ3n) is 2.71. The molecule has 0 aliphatic carbocycles. The van der Waals surface area contributed by atoms with Crippen molar-refractivity contribution in [2.45, 2.75) is 59.4 Å². The van der Waals surface area contributed by atoms with Crippen LogP contribution in [0.4, 0.5) is 11.9 Å². The molecule has 0 aliphatic rings. The van der Waals surface area contributed by atoms with Gasteiger partial charge in [0.2, 0.25) is 11.9 Å². The van der Waals surface area contributed by atoms with E-state index in [0.29, 0.717) is 24.5 Å². The molecule has 0 amide bonds. The van der Waals surface area contributed by atoms with Crippen LogP contribution in [0.1, 0.15) is 53.9 Å². The van der Waals surface area contributed by atoms with Gasteiger partial charge in [-0.05, 0) is 33.6 Å². The Morgan fingerprint density at radius 2 is 1.70 bits per heavy atom. The van der Waals surface area contributed by atoms with Gasteiger partial charge in [-0.25, -0.2) is 0 Å². The summed E-state index contributed by atoms with van der Waals surface area (Å²) < 4.78 is 5.52. The van der Waals surface area contributed by atoms with Crippen LogP contribution in [0.2, 0.25) is 0 Å². The number of rotatable bonds is 9. The van der Waals surface area contributed by atoms with Gasteiger partial charge in [0, 0.05) is 12.1 Å². The van der Waals surface area contributed by atoms with Gasteiger partial charge in [0.05, 0.1) is 6.61 Å². The van der Waals surface area contributed by atoms with Gasteiger partial charge < -0.3 is 15.4 Å². The number of hydrogen-bond acceptors (Lipinski definition) is 6. The van der Waals surface area contributed by atoms with E-state index in [2.05, 4.69) is 53.3 Å². The molecule has 0 aliphatic heterocycles. The molecule has 0 radical (unpaired) electrons. The van der Waals surface area contributed by atoms with Crippen molar-refractivity contribution in [3.05, 3.63) is 0 Å². The van der Waals surface area contributed by atoms with Crippen molar-refractivity contribution >= 4 is 11.9 Å². The van der Waals surface area contributed by atoms with Gasteiger partial charge in [-0.3, -0.25) is 0 Å². The van der Waals surface area contributed by atoms with E-state index in [1.165, 1.54) is 0 Å². The van der Waals surface area contributed by atoms with Crippen LogP contribution in [0.15, 0.2) is 0 Å². The Hall–Kier alpha value is -1.59. The molecule has 6 nitrogen and oxygen atoms in total. The second-order valence-electron chi connectivity index (χ2n) is 5.40. The zero-order chi connectivity index (χ0) is 15.0. The first-order chi connectivity index (χ1) is 9.50. The second kappa shape index (κ2) is 7.87. The number of aromatic nitrogens is 3. The molecule has 2 N–H and O–H groups in total. The molecule has 1 heterocycles. The average molecular weight is 281 g/mol. The van der Waals surface area contributed by atoms with Crippen LogP contribution < -0.4 is 15.4 Å². The van der Waals surface area contributed by atoms with E-state index in [1.54, 1.807) is 0 Å². The summed E-state index contributed by atoms with van der Waals surface area (Å²) in [7, 11) is 0. The molecule has 0 aromatic carbocycles. The summed E-state index contributed by atoms with van der Waals surface area (Å²) in [5, 5.41) is 6.45. The van der Waals surface area contributed by atoms with Crippen LogP contribution in [-0.4, -0.2) is 33.6 Å². The molecule has 0 saturated carbocycles. The van der Waals surface area contributed by atoms with Crippen molar-refractivity contribution in [1.82, 2.24) is 15.0 Å². The average Bonchev–Trinajstić information content (AvgIpc) is 2.35. The predicted molar refractivity (Wildman–Crippen MR) is 82.4 cm³/mol. The van der Waals surface area contributed by atoms with Crippen LogP contribution in [0.25, 0.3) is 0 Å². The van der Waals surface area contributed by atoms with E-state index in [1.807, 2.05) is 6.92 Å². The van der Waals surface area contributed by atoms with E-state index in [9.17, 15) is 0 Å². The summed E-state index contributed by atoms with van der Waals surface area (Å²) in [5.41, 5.74) is -0.0540. The lowest BCUT2D eigenvalue weighted by molar-refractivity contribution is 0.292. The van der Waals surface area contributed by atoms with Gasteiger partial charge in [0.25, 0.3) is 0 Å². The van der Waals surface area contributed by atoms with Gasteiger partial charge in [-0.2, -0.15) is 15.0 Å². The van der Waals surface area contributed by atoms with Crippen molar-refractivity contribution < 1.29 is 4.74 Å². The van der Waals surface area contributed by atoms with Crippen molar-refractivity contribution in [1.29, 1.82) is 0 Å². The van der Waals surface area contributed by atoms with Crippen molar-refractivity contribution in [2.24, 2.45) is 0 Å². The molecule has 0 saturated heterocycles. The molecule has 0 bridgehead atoms. The Balaban J connectivity index is 2.89. The molecule has 6 heteroatoms. The van der Waals surface area contributed by atoms with Crippen molar-refractivity contribution in [2.75, 3.05) is 23.8 Å². The molecular formula is C14H27N5O. The summed E-state index contributed by atoms with van der Waals surface area (Å²) in [6, 6.07) is 0.368. The summed E-state index contributed by atoms with van der Waals surface area (Å²) in [6.45, 7) is 11.9. The number of nitrogens with zero attached hydrogens (tertiary/aromatic N) is 3. The van der Waals surface area contributed by atoms with Crippen LogP contribution in [0.3, 0.4) is 0 Å². The summed E-state index contributed by atoms with van der Waals surface area (Å²) in [5.74, 6) is 1.10. The molecule has 1 aromatic rings. The SMILES string of the molecule is CCCOc1nc(NCC)nc(NC(C)(C)CCC)n1. The summed E-state index contributed by atoms with van der Waals surface area (Å²) in [4.78, 5) is 12.9. The first-order valence-corrected chi connectivity index (χ1v) is 7.41. The number of nitrogens with one attached hydrogen (secondary N) is 2. The van der Waals surface area contributed by atoms with Crippen LogP contribution >= 0.6 is 0 Å². The van der Waals surface area contributed by atoms with Gasteiger partial charge in [0.1, 0.15) is 0 Å². The third kappa shape index (κ3) is 5.59. The Kier molecular flexibility index (Phi) is 6.48. The fourth-order valence-electron chi connectivity index (χ4n) is 1.90. The minimum Gasteiger partial charge on any atom is -0.463 e. The lowest BCUT2D eigenvalue weighted by Gasteiger charge is -2.25. The molecule has 0 spiro atoms. The van der Waals surface area contributed by atoms with E-state index in [4.69, 9.17) is 4.74 Å². The Bertz CT molecular complexity index is 409. The molecule has 114 valence electrons. The standard InChI is InChI=1S/C14H27N5O/c1-6-9-14(4,5)19-12-16-11(15-8-3)17-13(18-12)20-10-7-2/h6-10H2,1-5H3,(H2,15,16,17,18,19). The van der Waals surface area contributed by atoms with E-state index in [0.717, 1.165) is 25.8 Å². The van der Waals surface area contributed by atoms with E-state index >= 15 is 0 Å². The highest BCUT2D eigenvalue weighted by Crippen LogP contribution is 2.19. The summed E-state index contributed by atoms with van der Waals surface area (Å²) >= 11 is 0. The predicted octanol–water partition coefficient (Wildman–Crippen LogP) is 3.08. The van der Waals surface area contributed by atoms with Crippen LogP contribution in [0.5, 0.6) is 6.01 Å². The first kappa shape index (κ1) is 16.5. The molecule has 0 fully saturated rings. The quantitative estimate of drug-likeness (QED) is 0.724. The number of ether oxygens (including phenoxy) is 1. The highest BCUT2D eigenvalue weighted by Gasteiger charge is 2.18. The summed E-state index contributed by atoms with van der Waals surface area (Å²) in [6.07, 6.45) is 3.07. The topological polar surface area (TPSA) is 72.0 Å². The highest BCUT2D eigenvalue weighted by molar-refractivity contribution is 5.37. The molecule has 1 aromatic heterocycles. The third-order valence-corrected chi connectivity index (χ3v) is 2.71. The van der Waals surface area contributed by atoms with Crippen molar-refractivity contribution in [3.63, 3.8) is 0 Å². The largest absolute Gasteiger partial charge is 0.463 e. The first-order valence-electron chi connectivity index (χ1n) is 7.41. The minimum absolute atomic E-state index is 0.0540. The maximum atomic E-state index is 5.52. The molecule has 0 unspecified atom stereocenters. The maximum Gasteiger partial charge on any atom is 0.323 e. The van der Waals surface area contributed by atoms with Crippen molar-refractivity contribution in [3.8, 4) is 6.01 Å². The van der Waals surface area contributed by atoms with Crippen LogP contribution in [-0.2, 0) is 0 Å². The highest BCUT2D eigenvalue weighted by atomic mass is 16.5. The van der Waals surface area contributed by atoms with E-state index < -0.39 is 0 Å². The molecular weight excluding hydrogens is 254 g/mol. The van der Waals surface area contributed by atoms with Gasteiger partial charge in [0.15, 0.2) is 0 Å². The molecule has 1 rings (SSSR count). The Morgan fingerprint density at radius 3 is 2.30 bits per heavy atom. The maximum absolute atomic E-state index is 5.52. The Labute approximate surface area is 121 Å². The molecule has 0 atom stereocenters. The fraction of sp³-hybridized carbons (Fsp3) is 0.786. The lowest BCUT2D eigenvalue weighted by Crippen LogP contribution is -2.31. The molecule has 20 heavy (non-hydrogen) atoms. The van der Waals surface area contributed by atoms with Gasteiger partial charge in [-0.15, -0.1) is 0 Å². The zero-order valence-electron chi connectivity index (χ0n) is 13.3.